The van der Waals surface area contributed by atoms with Crippen molar-refractivity contribution in [3.63, 3.8) is 0 Å². The molecule has 7 heteroatoms. The number of hydrogen-bond acceptors (Lipinski definition) is 6. The second-order valence-electron chi connectivity index (χ2n) is 3.97. The fourth-order valence-electron chi connectivity index (χ4n) is 1.88. The van der Waals surface area contributed by atoms with E-state index in [1.807, 2.05) is 11.2 Å². The Morgan fingerprint density at radius 1 is 1.59 bits per heavy atom. The molecule has 1 saturated heterocycles. The van der Waals surface area contributed by atoms with Gasteiger partial charge in [-0.1, -0.05) is 11.8 Å². The third-order valence-electron chi connectivity index (χ3n) is 2.81. The molecule has 0 aliphatic carbocycles. The SMILES string of the molecule is CSc1nc(N)cc(N2CCC(C(N)=O)C2)n1. The lowest BCUT2D eigenvalue weighted by Gasteiger charge is -2.17. The van der Waals surface area contributed by atoms with Crippen LogP contribution in [0.2, 0.25) is 0 Å². The number of anilines is 2. The first-order chi connectivity index (χ1) is 8.10. The van der Waals surface area contributed by atoms with E-state index in [1.165, 1.54) is 11.8 Å². The van der Waals surface area contributed by atoms with Crippen LogP contribution in [0.4, 0.5) is 11.6 Å². The number of rotatable bonds is 3. The molecular formula is C10H15N5OS. The maximum absolute atomic E-state index is 11.1. The van der Waals surface area contributed by atoms with Gasteiger partial charge in [-0.15, -0.1) is 0 Å². The highest BCUT2D eigenvalue weighted by Crippen LogP contribution is 2.24. The average molecular weight is 253 g/mol. The monoisotopic (exact) mass is 253 g/mol. The van der Waals surface area contributed by atoms with Crippen LogP contribution in [0.1, 0.15) is 6.42 Å². The number of nitrogens with two attached hydrogens (primary N) is 2. The second kappa shape index (κ2) is 4.79. The Labute approximate surface area is 104 Å². The van der Waals surface area contributed by atoms with Gasteiger partial charge in [0.15, 0.2) is 5.16 Å². The van der Waals surface area contributed by atoms with Crippen LogP contribution in [0.25, 0.3) is 0 Å². The Balaban J connectivity index is 2.18. The van der Waals surface area contributed by atoms with Crippen molar-refractivity contribution < 1.29 is 4.79 Å². The lowest BCUT2D eigenvalue weighted by Crippen LogP contribution is -2.27. The molecule has 6 nitrogen and oxygen atoms in total. The molecule has 17 heavy (non-hydrogen) atoms. The zero-order chi connectivity index (χ0) is 12.4. The summed E-state index contributed by atoms with van der Waals surface area (Å²) in [6.45, 7) is 1.39. The Kier molecular flexibility index (Phi) is 3.37. The first kappa shape index (κ1) is 12.0. The fourth-order valence-corrected chi connectivity index (χ4v) is 2.27. The number of hydrogen-bond donors (Lipinski definition) is 2. The molecule has 4 N–H and O–H groups in total. The average Bonchev–Trinajstić information content (AvgIpc) is 2.77. The van der Waals surface area contributed by atoms with E-state index in [2.05, 4.69) is 9.97 Å². The number of nitrogens with zero attached hydrogens (tertiary/aromatic N) is 3. The molecule has 2 rings (SSSR count). The standard InChI is InChI=1S/C10H15N5OS/c1-17-10-13-7(11)4-8(14-10)15-3-2-6(5-15)9(12)16/h4,6H,2-3,5H2,1H3,(H2,12,16)(H2,11,13,14). The van der Waals surface area contributed by atoms with Gasteiger partial charge in [-0.25, -0.2) is 9.97 Å². The van der Waals surface area contributed by atoms with Gasteiger partial charge >= 0.3 is 0 Å². The van der Waals surface area contributed by atoms with E-state index in [9.17, 15) is 4.79 Å². The van der Waals surface area contributed by atoms with Gasteiger partial charge in [-0.05, 0) is 12.7 Å². The first-order valence-electron chi connectivity index (χ1n) is 5.33. The van der Waals surface area contributed by atoms with Gasteiger partial charge in [0.05, 0.1) is 5.92 Å². The van der Waals surface area contributed by atoms with Gasteiger partial charge in [0, 0.05) is 19.2 Å². The van der Waals surface area contributed by atoms with Crippen molar-refractivity contribution in [3.05, 3.63) is 6.07 Å². The topological polar surface area (TPSA) is 98.1 Å². The summed E-state index contributed by atoms with van der Waals surface area (Å²) in [5.41, 5.74) is 11.0. The molecule has 1 aliphatic heterocycles. The van der Waals surface area contributed by atoms with Crippen molar-refractivity contribution in [2.24, 2.45) is 11.7 Å². The normalized spacial score (nSPS) is 19.6. The molecule has 1 aromatic heterocycles. The Bertz CT molecular complexity index is 439. The number of carbonyl (C=O) groups excluding carboxylic acids is 1. The summed E-state index contributed by atoms with van der Waals surface area (Å²) in [5, 5.41) is 0.641. The highest BCUT2D eigenvalue weighted by Gasteiger charge is 2.27. The van der Waals surface area contributed by atoms with Gasteiger partial charge < -0.3 is 16.4 Å². The Hall–Kier alpha value is -1.50. The quantitative estimate of drug-likeness (QED) is 0.585. The largest absolute Gasteiger partial charge is 0.383 e. The van der Waals surface area contributed by atoms with Gasteiger partial charge in [0.2, 0.25) is 5.91 Å². The fraction of sp³-hybridized carbons (Fsp3) is 0.500. The lowest BCUT2D eigenvalue weighted by molar-refractivity contribution is -0.121. The molecule has 0 aromatic carbocycles. The predicted molar refractivity (Wildman–Crippen MR) is 67.7 cm³/mol. The molecule has 2 heterocycles. The summed E-state index contributed by atoms with van der Waals surface area (Å²) in [4.78, 5) is 21.6. The minimum absolute atomic E-state index is 0.0936. The second-order valence-corrected chi connectivity index (χ2v) is 4.75. The number of nitrogen functional groups attached to an aromatic ring is 1. The molecule has 0 saturated carbocycles. The maximum atomic E-state index is 11.1. The van der Waals surface area contributed by atoms with Crippen LogP contribution in [-0.2, 0) is 4.79 Å². The van der Waals surface area contributed by atoms with Gasteiger partial charge in [0.25, 0.3) is 0 Å². The van der Waals surface area contributed by atoms with Crippen LogP contribution < -0.4 is 16.4 Å². The summed E-state index contributed by atoms with van der Waals surface area (Å²) in [6.07, 6.45) is 2.67. The summed E-state index contributed by atoms with van der Waals surface area (Å²) < 4.78 is 0. The number of amides is 1. The maximum Gasteiger partial charge on any atom is 0.222 e. The zero-order valence-corrected chi connectivity index (χ0v) is 10.4. The van der Waals surface area contributed by atoms with Crippen molar-refractivity contribution in [2.45, 2.75) is 11.6 Å². The third-order valence-corrected chi connectivity index (χ3v) is 3.36. The summed E-state index contributed by atoms with van der Waals surface area (Å²) in [5.74, 6) is 0.871. The highest BCUT2D eigenvalue weighted by molar-refractivity contribution is 7.98. The van der Waals surface area contributed by atoms with E-state index in [0.717, 1.165) is 18.8 Å². The molecule has 1 fully saturated rings. The number of carbonyl (C=O) groups is 1. The molecule has 1 amide bonds. The molecule has 0 spiro atoms. The minimum atomic E-state index is -0.250. The van der Waals surface area contributed by atoms with E-state index < -0.39 is 0 Å². The van der Waals surface area contributed by atoms with Crippen LogP contribution in [0.3, 0.4) is 0 Å². The van der Waals surface area contributed by atoms with Crippen LogP contribution in [0.15, 0.2) is 11.2 Å². The molecule has 0 radical (unpaired) electrons. The van der Waals surface area contributed by atoms with Gasteiger partial charge in [0.1, 0.15) is 11.6 Å². The van der Waals surface area contributed by atoms with E-state index >= 15 is 0 Å². The summed E-state index contributed by atoms with van der Waals surface area (Å²) in [7, 11) is 0. The van der Waals surface area contributed by atoms with Crippen molar-refractivity contribution in [1.29, 1.82) is 0 Å². The molecule has 1 unspecified atom stereocenters. The van der Waals surface area contributed by atoms with E-state index in [-0.39, 0.29) is 11.8 Å². The van der Waals surface area contributed by atoms with E-state index in [1.54, 1.807) is 6.07 Å². The number of primary amides is 1. The van der Waals surface area contributed by atoms with Crippen molar-refractivity contribution >= 4 is 29.3 Å². The van der Waals surface area contributed by atoms with E-state index in [0.29, 0.717) is 17.5 Å². The van der Waals surface area contributed by atoms with Crippen LogP contribution in [-0.4, -0.2) is 35.2 Å². The smallest absolute Gasteiger partial charge is 0.222 e. The number of aromatic nitrogens is 2. The van der Waals surface area contributed by atoms with E-state index in [4.69, 9.17) is 11.5 Å². The van der Waals surface area contributed by atoms with Crippen molar-refractivity contribution in [1.82, 2.24) is 9.97 Å². The number of thioether (sulfide) groups is 1. The predicted octanol–water partition coefficient (Wildman–Crippen LogP) is 0.0923. The van der Waals surface area contributed by atoms with Crippen molar-refractivity contribution in [2.75, 3.05) is 30.0 Å². The Morgan fingerprint density at radius 3 is 2.94 bits per heavy atom. The molecule has 92 valence electrons. The van der Waals surface area contributed by atoms with Crippen molar-refractivity contribution in [3.8, 4) is 0 Å². The van der Waals surface area contributed by atoms with Crippen LogP contribution >= 0.6 is 11.8 Å². The molecule has 0 bridgehead atoms. The zero-order valence-electron chi connectivity index (χ0n) is 9.59. The Morgan fingerprint density at radius 2 is 2.35 bits per heavy atom. The molecule has 1 aromatic rings. The summed E-state index contributed by atoms with van der Waals surface area (Å²) in [6, 6.07) is 1.73. The molecule has 1 atom stereocenters. The molecule has 1 aliphatic rings. The molecular weight excluding hydrogens is 238 g/mol. The first-order valence-corrected chi connectivity index (χ1v) is 6.55. The van der Waals surface area contributed by atoms with Gasteiger partial charge in [-0.3, -0.25) is 4.79 Å². The summed E-state index contributed by atoms with van der Waals surface area (Å²) >= 11 is 1.44. The van der Waals surface area contributed by atoms with Crippen LogP contribution in [0, 0.1) is 5.92 Å². The minimum Gasteiger partial charge on any atom is -0.383 e. The highest BCUT2D eigenvalue weighted by atomic mass is 32.2. The lowest BCUT2D eigenvalue weighted by atomic mass is 10.1. The van der Waals surface area contributed by atoms with Gasteiger partial charge in [-0.2, -0.15) is 0 Å². The van der Waals surface area contributed by atoms with Crippen LogP contribution in [0.5, 0.6) is 0 Å². The third kappa shape index (κ3) is 2.60.